The summed E-state index contributed by atoms with van der Waals surface area (Å²) >= 11 is 0. The van der Waals surface area contributed by atoms with Crippen LogP contribution in [0, 0.1) is 5.92 Å². The quantitative estimate of drug-likeness (QED) is 0.340. The molecule has 6 heteroatoms. The normalized spacial score (nSPS) is 17.4. The number of piperidine rings is 1. The summed E-state index contributed by atoms with van der Waals surface area (Å²) in [6, 6.07) is 0. The van der Waals surface area contributed by atoms with Crippen molar-refractivity contribution in [1.29, 1.82) is 0 Å². The third-order valence-electron chi connectivity index (χ3n) is 4.31. The van der Waals surface area contributed by atoms with Crippen molar-refractivity contribution in [3.05, 3.63) is 0 Å². The van der Waals surface area contributed by atoms with Crippen molar-refractivity contribution in [2.75, 3.05) is 66.7 Å². The minimum Gasteiger partial charge on any atom is -0.383 e. The number of ether oxygens (including phenoxy) is 2. The highest BCUT2D eigenvalue weighted by Crippen LogP contribution is 2.15. The van der Waals surface area contributed by atoms with E-state index in [-0.39, 0.29) is 0 Å². The predicted molar refractivity (Wildman–Crippen MR) is 96.1 cm³/mol. The second-order valence-electron chi connectivity index (χ2n) is 6.06. The second kappa shape index (κ2) is 13.6. The van der Waals surface area contributed by atoms with Gasteiger partial charge in [-0.2, -0.15) is 0 Å². The highest BCUT2D eigenvalue weighted by molar-refractivity contribution is 5.79. The lowest BCUT2D eigenvalue weighted by molar-refractivity contribution is 0.121. The zero-order chi connectivity index (χ0) is 16.8. The van der Waals surface area contributed by atoms with Crippen LogP contribution in [0.1, 0.15) is 32.6 Å². The molecule has 0 atom stereocenters. The first-order valence-electron chi connectivity index (χ1n) is 9.03. The van der Waals surface area contributed by atoms with Gasteiger partial charge in [0.1, 0.15) is 0 Å². The Kier molecular flexibility index (Phi) is 11.9. The minimum atomic E-state index is 0.741. The summed E-state index contributed by atoms with van der Waals surface area (Å²) in [7, 11) is 3.61. The Labute approximate surface area is 142 Å². The van der Waals surface area contributed by atoms with E-state index < -0.39 is 0 Å². The molecule has 0 aliphatic carbocycles. The first-order valence-corrected chi connectivity index (χ1v) is 9.03. The molecule has 1 aliphatic heterocycles. The summed E-state index contributed by atoms with van der Waals surface area (Å²) in [6.45, 7) is 9.90. The minimum absolute atomic E-state index is 0.741. The highest BCUT2D eigenvalue weighted by atomic mass is 16.5. The van der Waals surface area contributed by atoms with Crippen molar-refractivity contribution in [3.8, 4) is 0 Å². The van der Waals surface area contributed by atoms with Crippen LogP contribution in [0.2, 0.25) is 0 Å². The van der Waals surface area contributed by atoms with E-state index >= 15 is 0 Å². The van der Waals surface area contributed by atoms with E-state index in [2.05, 4.69) is 20.5 Å². The van der Waals surface area contributed by atoms with Crippen LogP contribution in [-0.2, 0) is 9.47 Å². The van der Waals surface area contributed by atoms with Crippen molar-refractivity contribution in [2.24, 2.45) is 10.9 Å². The fourth-order valence-electron chi connectivity index (χ4n) is 2.78. The number of guanidine groups is 1. The molecule has 0 aromatic heterocycles. The second-order valence-corrected chi connectivity index (χ2v) is 6.06. The first-order chi connectivity index (χ1) is 11.3. The Morgan fingerprint density at radius 3 is 2.61 bits per heavy atom. The Morgan fingerprint density at radius 1 is 1.17 bits per heavy atom. The fourth-order valence-corrected chi connectivity index (χ4v) is 2.78. The molecule has 0 radical (unpaired) electrons. The number of nitrogens with zero attached hydrogens (tertiary/aromatic N) is 2. The first kappa shape index (κ1) is 20.2. The molecule has 0 amide bonds. The maximum Gasteiger partial charge on any atom is 0.190 e. The molecule has 2 N–H and O–H groups in total. The lowest BCUT2D eigenvalue weighted by atomic mass is 9.97. The van der Waals surface area contributed by atoms with Gasteiger partial charge in [-0.05, 0) is 51.6 Å². The van der Waals surface area contributed by atoms with E-state index in [1.54, 1.807) is 7.11 Å². The Bertz CT molecular complexity index is 305. The standard InChI is InChI=1S/C17H36N4O2/c1-4-23-13-6-5-9-19-17(18-2)20-15-16-7-10-21(11-8-16)12-14-22-3/h16H,4-15H2,1-3H3,(H2,18,19,20). The molecule has 0 saturated carbocycles. The van der Waals surface area contributed by atoms with Gasteiger partial charge in [0.15, 0.2) is 5.96 Å². The summed E-state index contributed by atoms with van der Waals surface area (Å²) in [5.74, 6) is 1.66. The molecular formula is C17H36N4O2. The van der Waals surface area contributed by atoms with Crippen molar-refractivity contribution in [3.63, 3.8) is 0 Å². The van der Waals surface area contributed by atoms with Crippen LogP contribution in [0.15, 0.2) is 4.99 Å². The van der Waals surface area contributed by atoms with Gasteiger partial charge in [0.25, 0.3) is 0 Å². The van der Waals surface area contributed by atoms with Crippen molar-refractivity contribution in [1.82, 2.24) is 15.5 Å². The Morgan fingerprint density at radius 2 is 1.96 bits per heavy atom. The average Bonchev–Trinajstić information content (AvgIpc) is 2.59. The molecule has 0 unspecified atom stereocenters. The number of hydrogen-bond donors (Lipinski definition) is 2. The third-order valence-corrected chi connectivity index (χ3v) is 4.31. The molecule has 0 bridgehead atoms. The lowest BCUT2D eigenvalue weighted by Crippen LogP contribution is -2.43. The van der Waals surface area contributed by atoms with E-state index in [1.165, 1.54) is 25.9 Å². The zero-order valence-electron chi connectivity index (χ0n) is 15.3. The summed E-state index contributed by atoms with van der Waals surface area (Å²) in [4.78, 5) is 6.79. The highest BCUT2D eigenvalue weighted by Gasteiger charge is 2.18. The zero-order valence-corrected chi connectivity index (χ0v) is 15.3. The smallest absolute Gasteiger partial charge is 0.190 e. The van der Waals surface area contributed by atoms with Crippen LogP contribution in [0.5, 0.6) is 0 Å². The number of aliphatic imine (C=N–C) groups is 1. The predicted octanol–water partition coefficient (Wildman–Crippen LogP) is 1.33. The molecule has 23 heavy (non-hydrogen) atoms. The number of nitrogens with one attached hydrogen (secondary N) is 2. The van der Waals surface area contributed by atoms with E-state index in [4.69, 9.17) is 9.47 Å². The van der Waals surface area contributed by atoms with Gasteiger partial charge in [-0.25, -0.2) is 0 Å². The fraction of sp³-hybridized carbons (Fsp3) is 0.941. The summed E-state index contributed by atoms with van der Waals surface area (Å²) in [5, 5.41) is 6.84. The molecule has 6 nitrogen and oxygen atoms in total. The van der Waals surface area contributed by atoms with Gasteiger partial charge >= 0.3 is 0 Å². The largest absolute Gasteiger partial charge is 0.383 e. The van der Waals surface area contributed by atoms with Crippen molar-refractivity contribution >= 4 is 5.96 Å². The molecule has 1 fully saturated rings. The van der Waals surface area contributed by atoms with E-state index in [1.807, 2.05) is 14.0 Å². The topological polar surface area (TPSA) is 58.1 Å². The Hall–Kier alpha value is -0.850. The van der Waals surface area contributed by atoms with Crippen molar-refractivity contribution in [2.45, 2.75) is 32.6 Å². The van der Waals surface area contributed by atoms with E-state index in [0.29, 0.717) is 0 Å². The molecule has 1 aliphatic rings. The van der Waals surface area contributed by atoms with Gasteiger partial charge in [-0.3, -0.25) is 4.99 Å². The Balaban J connectivity index is 2.06. The van der Waals surface area contributed by atoms with Crippen LogP contribution in [0.4, 0.5) is 0 Å². The number of hydrogen-bond acceptors (Lipinski definition) is 4. The van der Waals surface area contributed by atoms with Crippen LogP contribution < -0.4 is 10.6 Å². The molecule has 136 valence electrons. The van der Waals surface area contributed by atoms with Gasteiger partial charge in [-0.1, -0.05) is 0 Å². The van der Waals surface area contributed by atoms with Gasteiger partial charge < -0.3 is 25.0 Å². The van der Waals surface area contributed by atoms with Crippen LogP contribution in [-0.4, -0.2) is 77.6 Å². The van der Waals surface area contributed by atoms with Gasteiger partial charge in [-0.15, -0.1) is 0 Å². The van der Waals surface area contributed by atoms with Crippen molar-refractivity contribution < 1.29 is 9.47 Å². The van der Waals surface area contributed by atoms with Gasteiger partial charge in [0.2, 0.25) is 0 Å². The SMILES string of the molecule is CCOCCCCNC(=NC)NCC1CCN(CCOC)CC1. The summed E-state index contributed by atoms with van der Waals surface area (Å²) in [5.41, 5.74) is 0. The van der Waals surface area contributed by atoms with Crippen LogP contribution in [0.25, 0.3) is 0 Å². The summed E-state index contributed by atoms with van der Waals surface area (Å²) in [6.07, 6.45) is 4.71. The average molecular weight is 329 g/mol. The van der Waals surface area contributed by atoms with Crippen LogP contribution >= 0.6 is 0 Å². The molecule has 0 aromatic rings. The molecule has 1 heterocycles. The van der Waals surface area contributed by atoms with E-state index in [9.17, 15) is 0 Å². The lowest BCUT2D eigenvalue weighted by Gasteiger charge is -2.32. The number of rotatable bonds is 11. The third kappa shape index (κ3) is 9.79. The number of methoxy groups -OCH3 is 1. The molecular weight excluding hydrogens is 292 g/mol. The molecule has 1 saturated heterocycles. The monoisotopic (exact) mass is 328 g/mol. The maximum atomic E-state index is 5.34. The number of likely N-dealkylation sites (tertiary alicyclic amines) is 1. The van der Waals surface area contributed by atoms with Crippen LogP contribution in [0.3, 0.4) is 0 Å². The maximum absolute atomic E-state index is 5.34. The molecule has 1 rings (SSSR count). The molecule has 0 aromatic carbocycles. The van der Waals surface area contributed by atoms with Gasteiger partial charge in [0.05, 0.1) is 6.61 Å². The summed E-state index contributed by atoms with van der Waals surface area (Å²) < 4.78 is 10.5. The van der Waals surface area contributed by atoms with E-state index in [0.717, 1.165) is 64.2 Å². The van der Waals surface area contributed by atoms with Gasteiger partial charge in [0, 0.05) is 47.0 Å². The number of unbranched alkanes of at least 4 members (excludes halogenated alkanes) is 1. The molecule has 0 spiro atoms.